The van der Waals surface area contributed by atoms with Gasteiger partial charge in [-0.1, -0.05) is 12.4 Å². The zero-order valence-corrected chi connectivity index (χ0v) is 8.97. The first kappa shape index (κ1) is 12.5. The van der Waals surface area contributed by atoms with Crippen LogP contribution in [0.1, 0.15) is 27.2 Å². The van der Waals surface area contributed by atoms with Crippen molar-refractivity contribution in [3.63, 3.8) is 0 Å². The highest BCUT2D eigenvalue weighted by molar-refractivity contribution is 7.36. The molecule has 0 aliphatic carbocycles. The van der Waals surface area contributed by atoms with Gasteiger partial charge in [0.25, 0.3) is 0 Å². The molecule has 13 heavy (non-hydrogen) atoms. The van der Waals surface area contributed by atoms with E-state index >= 15 is 0 Å². The predicted octanol–water partition coefficient (Wildman–Crippen LogP) is 1.35. The van der Waals surface area contributed by atoms with Crippen molar-refractivity contribution in [2.45, 2.75) is 32.8 Å². The monoisotopic (exact) mass is 208 g/mol. The first-order chi connectivity index (χ1) is 5.90. The van der Waals surface area contributed by atoms with Crippen molar-refractivity contribution in [1.82, 2.24) is 0 Å². The molecule has 0 amide bonds. The molecular formula is C7H15NO4P+. The Morgan fingerprint density at radius 2 is 2.08 bits per heavy atom. The third kappa shape index (κ3) is 4.93. The lowest BCUT2D eigenvalue weighted by Crippen LogP contribution is -2.35. The van der Waals surface area contributed by atoms with Gasteiger partial charge in [0.1, 0.15) is 0 Å². The van der Waals surface area contributed by atoms with Gasteiger partial charge in [-0.3, -0.25) is 0 Å². The van der Waals surface area contributed by atoms with Gasteiger partial charge >= 0.3 is 14.1 Å². The van der Waals surface area contributed by atoms with Gasteiger partial charge in [-0.25, -0.2) is 4.79 Å². The molecular weight excluding hydrogens is 193 g/mol. The molecule has 5 nitrogen and oxygen atoms in total. The molecule has 0 aliphatic heterocycles. The molecule has 76 valence electrons. The van der Waals surface area contributed by atoms with Gasteiger partial charge in [-0.15, -0.1) is 4.52 Å². The Morgan fingerprint density at radius 1 is 1.54 bits per heavy atom. The summed E-state index contributed by atoms with van der Waals surface area (Å²) in [5.74, 6) is -0.553. The molecule has 0 saturated carbocycles. The van der Waals surface area contributed by atoms with E-state index in [4.69, 9.17) is 14.8 Å². The Bertz CT molecular complexity index is 205. The third-order valence-corrected chi connectivity index (χ3v) is 1.88. The summed E-state index contributed by atoms with van der Waals surface area (Å²) in [5, 5.41) is 0. The Morgan fingerprint density at radius 3 is 2.46 bits per heavy atom. The van der Waals surface area contributed by atoms with Gasteiger partial charge in [0.05, 0.1) is 6.61 Å². The average molecular weight is 208 g/mol. The maximum absolute atomic E-state index is 11.2. The molecule has 0 fully saturated rings. The van der Waals surface area contributed by atoms with E-state index in [1.165, 1.54) is 13.8 Å². The van der Waals surface area contributed by atoms with Gasteiger partial charge in [-0.05, 0) is 24.8 Å². The Balaban J connectivity index is 4.10. The molecule has 1 unspecified atom stereocenters. The smallest absolute Gasteiger partial charge is 0.463 e. The Hall–Kier alpha value is -0.510. The van der Waals surface area contributed by atoms with Gasteiger partial charge < -0.3 is 4.74 Å². The molecule has 2 N–H and O–H groups in total. The van der Waals surface area contributed by atoms with Gasteiger partial charge in [0, 0.05) is 0 Å². The first-order valence-corrected chi connectivity index (χ1v) is 5.23. The number of esters is 1. The van der Waals surface area contributed by atoms with Crippen LogP contribution in [0.2, 0.25) is 0 Å². The van der Waals surface area contributed by atoms with Crippen LogP contribution in [-0.4, -0.2) is 18.2 Å². The fraction of sp³-hybridized carbons (Fsp3) is 0.857. The summed E-state index contributed by atoms with van der Waals surface area (Å²) in [6.07, 6.45) is 0.733. The molecule has 0 aliphatic rings. The lowest BCUT2D eigenvalue weighted by atomic mass is 10.1. The van der Waals surface area contributed by atoms with E-state index < -0.39 is 19.7 Å². The van der Waals surface area contributed by atoms with Gasteiger partial charge in [0.15, 0.2) is 0 Å². The lowest BCUT2D eigenvalue weighted by molar-refractivity contribution is -0.158. The van der Waals surface area contributed by atoms with Crippen LogP contribution in [0, 0.1) is 0 Å². The molecule has 0 aromatic carbocycles. The molecule has 0 aromatic heterocycles. The van der Waals surface area contributed by atoms with Crippen molar-refractivity contribution in [3.05, 3.63) is 0 Å². The second-order valence-corrected chi connectivity index (χ2v) is 3.78. The minimum atomic E-state index is -2.29. The van der Waals surface area contributed by atoms with E-state index in [1.54, 1.807) is 0 Å². The topological polar surface area (TPSA) is 78.6 Å². The van der Waals surface area contributed by atoms with Crippen molar-refractivity contribution in [1.29, 1.82) is 0 Å². The SMILES string of the molecule is CCCOC(=O)C(C)(C)O[P+](N)=O. The van der Waals surface area contributed by atoms with E-state index in [2.05, 4.69) is 0 Å². The highest BCUT2D eigenvalue weighted by atomic mass is 31.1. The predicted molar refractivity (Wildman–Crippen MR) is 48.2 cm³/mol. The van der Waals surface area contributed by atoms with Crippen LogP contribution in [0.3, 0.4) is 0 Å². The highest BCUT2D eigenvalue weighted by Gasteiger charge is 2.38. The van der Waals surface area contributed by atoms with Crippen LogP contribution in [0.15, 0.2) is 0 Å². The van der Waals surface area contributed by atoms with Gasteiger partial charge in [-0.2, -0.15) is 0 Å². The maximum atomic E-state index is 11.2. The van der Waals surface area contributed by atoms with Crippen LogP contribution in [0.25, 0.3) is 0 Å². The van der Waals surface area contributed by atoms with Crippen molar-refractivity contribution >= 4 is 14.1 Å². The summed E-state index contributed by atoms with van der Waals surface area (Å²) in [5.41, 5.74) is 3.69. The number of hydrogen-bond acceptors (Lipinski definition) is 4. The summed E-state index contributed by atoms with van der Waals surface area (Å²) in [4.78, 5) is 11.2. The summed E-state index contributed by atoms with van der Waals surface area (Å²) in [6, 6.07) is 0. The number of ether oxygens (including phenoxy) is 1. The number of carbonyl (C=O) groups is 1. The molecule has 0 spiro atoms. The summed E-state index contributed by atoms with van der Waals surface area (Å²) in [6.45, 7) is 5.13. The van der Waals surface area contributed by atoms with E-state index in [-0.39, 0.29) is 0 Å². The Kier molecular flexibility index (Phi) is 5.06. The lowest BCUT2D eigenvalue weighted by Gasteiger charge is -2.15. The average Bonchev–Trinajstić information content (AvgIpc) is 1.97. The molecule has 0 rings (SSSR count). The van der Waals surface area contributed by atoms with Crippen LogP contribution in [0.4, 0.5) is 0 Å². The quantitative estimate of drug-likeness (QED) is 0.545. The molecule has 6 heteroatoms. The van der Waals surface area contributed by atoms with Crippen LogP contribution in [0.5, 0.6) is 0 Å². The molecule has 0 aromatic rings. The number of hydrogen-bond donors (Lipinski definition) is 1. The number of carbonyl (C=O) groups excluding carboxylic acids is 1. The molecule has 0 radical (unpaired) electrons. The second-order valence-electron chi connectivity index (χ2n) is 3.02. The van der Waals surface area contributed by atoms with Gasteiger partial charge in [0.2, 0.25) is 5.60 Å². The largest absolute Gasteiger partial charge is 0.611 e. The zero-order chi connectivity index (χ0) is 10.5. The minimum Gasteiger partial charge on any atom is -0.463 e. The van der Waals surface area contributed by atoms with Crippen molar-refractivity contribution in [2.75, 3.05) is 6.61 Å². The van der Waals surface area contributed by atoms with Crippen LogP contribution >= 0.6 is 8.18 Å². The van der Waals surface area contributed by atoms with Crippen LogP contribution in [-0.2, 0) is 18.6 Å². The fourth-order valence-corrected chi connectivity index (χ4v) is 1.16. The van der Waals surface area contributed by atoms with E-state index in [0.717, 1.165) is 6.42 Å². The van der Waals surface area contributed by atoms with Crippen LogP contribution < -0.4 is 5.50 Å². The van der Waals surface area contributed by atoms with Crippen molar-refractivity contribution in [3.8, 4) is 0 Å². The van der Waals surface area contributed by atoms with Crippen molar-refractivity contribution < 1.29 is 18.6 Å². The summed E-state index contributed by atoms with van der Waals surface area (Å²) >= 11 is 0. The molecule has 1 atom stereocenters. The summed E-state index contributed by atoms with van der Waals surface area (Å²) in [7, 11) is -2.29. The Labute approximate surface area is 78.5 Å². The van der Waals surface area contributed by atoms with Crippen molar-refractivity contribution in [2.24, 2.45) is 5.50 Å². The van der Waals surface area contributed by atoms with E-state index in [9.17, 15) is 9.36 Å². The molecule has 0 heterocycles. The zero-order valence-electron chi connectivity index (χ0n) is 8.07. The minimum absolute atomic E-state index is 0.326. The second kappa shape index (κ2) is 5.27. The normalized spacial score (nSPS) is 12.5. The maximum Gasteiger partial charge on any atom is 0.611 e. The standard InChI is InChI=1S/C7H15NO4P/c1-4-5-11-6(9)7(2,3)12-13(8)10/h4-5H2,1-3H3,(H2,8,10)/q+1. The third-order valence-electron chi connectivity index (χ3n) is 1.25. The van der Waals surface area contributed by atoms with E-state index in [0.29, 0.717) is 6.61 Å². The molecule has 0 bridgehead atoms. The van der Waals surface area contributed by atoms with E-state index in [1.807, 2.05) is 6.92 Å². The number of rotatable bonds is 5. The number of nitrogens with two attached hydrogens (primary N) is 1. The summed E-state index contributed by atoms with van der Waals surface area (Å²) < 4.78 is 20.1. The highest BCUT2D eigenvalue weighted by Crippen LogP contribution is 2.23. The fourth-order valence-electron chi connectivity index (χ4n) is 0.631. The molecule has 0 saturated heterocycles. The first-order valence-electron chi connectivity index (χ1n) is 3.98.